The fraction of sp³-hybridized carbons (Fsp3) is 0.182. The molecule has 0 aliphatic rings. The highest BCUT2D eigenvalue weighted by Crippen LogP contribution is 2.42. The van der Waals surface area contributed by atoms with Crippen LogP contribution in [-0.4, -0.2) is 22.8 Å². The van der Waals surface area contributed by atoms with E-state index in [9.17, 15) is 9.59 Å². The van der Waals surface area contributed by atoms with Crippen LogP contribution in [0.25, 0.3) is 15.6 Å². The van der Waals surface area contributed by atoms with Crippen LogP contribution in [0.15, 0.2) is 41.0 Å². The predicted octanol–water partition coefficient (Wildman–Crippen LogP) is 5.52. The molecule has 0 atom stereocenters. The van der Waals surface area contributed by atoms with Gasteiger partial charge in [0.2, 0.25) is 5.78 Å². The van der Waals surface area contributed by atoms with Gasteiger partial charge < -0.3 is 14.9 Å². The minimum atomic E-state index is -0.425. The molecule has 0 aliphatic heterocycles. The number of aromatic nitrogens is 1. The van der Waals surface area contributed by atoms with E-state index in [0.29, 0.717) is 26.5 Å². The summed E-state index contributed by atoms with van der Waals surface area (Å²) in [6, 6.07) is 9.18. The fourth-order valence-corrected chi connectivity index (χ4v) is 5.12. The molecule has 4 aromatic rings. The highest BCUT2D eigenvalue weighted by Gasteiger charge is 2.28. The van der Waals surface area contributed by atoms with Gasteiger partial charge in [0.25, 0.3) is 0 Å². The number of ketones is 1. The second-order valence-corrected chi connectivity index (χ2v) is 8.81. The third-order valence-electron chi connectivity index (χ3n) is 4.81. The van der Waals surface area contributed by atoms with Crippen LogP contribution in [0.4, 0.5) is 5.69 Å². The molecule has 4 rings (SSSR count). The Morgan fingerprint density at radius 3 is 2.55 bits per heavy atom. The van der Waals surface area contributed by atoms with Crippen LogP contribution in [-0.2, 0) is 4.74 Å². The lowest BCUT2D eigenvalue weighted by atomic mass is 10.1. The number of aryl methyl sites for hydroxylation is 2. The van der Waals surface area contributed by atoms with Gasteiger partial charge in [-0.05, 0) is 56.2 Å². The molecule has 2 N–H and O–H groups in total. The summed E-state index contributed by atoms with van der Waals surface area (Å²) in [5, 5.41) is 0.732. The quantitative estimate of drug-likeness (QED) is 0.314. The predicted molar refractivity (Wildman–Crippen MR) is 120 cm³/mol. The van der Waals surface area contributed by atoms with Gasteiger partial charge in [-0.3, -0.25) is 4.79 Å². The number of rotatable bonds is 4. The highest BCUT2D eigenvalue weighted by atomic mass is 79.9. The molecule has 0 spiro atoms. The molecule has 0 fully saturated rings. The number of halogens is 1. The number of nitrogens with zero attached hydrogens (tertiary/aromatic N) is 1. The zero-order valence-electron chi connectivity index (χ0n) is 16.2. The van der Waals surface area contributed by atoms with Gasteiger partial charge in [-0.1, -0.05) is 22.0 Å². The Hall–Kier alpha value is -2.64. The van der Waals surface area contributed by atoms with Crippen molar-refractivity contribution >= 4 is 60.3 Å². The van der Waals surface area contributed by atoms with Crippen LogP contribution in [0.5, 0.6) is 0 Å². The molecule has 0 unspecified atom stereocenters. The van der Waals surface area contributed by atoms with E-state index in [1.807, 2.05) is 42.6 Å². The number of carbonyl (C=O) groups excluding carboxylic acids is 2. The molecule has 3 heterocycles. The van der Waals surface area contributed by atoms with E-state index >= 15 is 0 Å². The SMILES string of the molecule is CCOC(=O)c1c2sc(C(=O)c3ccc(Br)cc3)c(N)c2c2c(C)cc(C)cn12. The first-order valence-electron chi connectivity index (χ1n) is 9.14. The summed E-state index contributed by atoms with van der Waals surface area (Å²) in [6.45, 7) is 5.99. The fourth-order valence-electron chi connectivity index (χ4n) is 3.65. The second kappa shape index (κ2) is 7.31. The third-order valence-corrected chi connectivity index (χ3v) is 6.55. The molecule has 7 heteroatoms. The second-order valence-electron chi connectivity index (χ2n) is 6.87. The molecule has 0 aliphatic carbocycles. The number of anilines is 1. The summed E-state index contributed by atoms with van der Waals surface area (Å²) in [6.07, 6.45) is 1.90. The molecular formula is C22H19BrN2O3S. The van der Waals surface area contributed by atoms with E-state index in [2.05, 4.69) is 15.9 Å². The molecule has 29 heavy (non-hydrogen) atoms. The minimum absolute atomic E-state index is 0.158. The largest absolute Gasteiger partial charge is 0.461 e. The number of esters is 1. The molecule has 3 aromatic heterocycles. The lowest BCUT2D eigenvalue weighted by Crippen LogP contribution is -2.08. The Morgan fingerprint density at radius 1 is 1.21 bits per heavy atom. The van der Waals surface area contributed by atoms with Crippen molar-refractivity contribution in [2.24, 2.45) is 0 Å². The molecular weight excluding hydrogens is 452 g/mol. The smallest absolute Gasteiger partial charge is 0.356 e. The lowest BCUT2D eigenvalue weighted by Gasteiger charge is -2.07. The maximum absolute atomic E-state index is 13.1. The van der Waals surface area contributed by atoms with Crippen LogP contribution in [0.3, 0.4) is 0 Å². The number of hydrogen-bond donors (Lipinski definition) is 1. The standard InChI is InChI=1S/C22H19BrN2O3S/c1-4-28-22(27)18-20-15(17-12(3)9-11(2)10-25(17)18)16(24)21(29-20)19(26)13-5-7-14(23)8-6-13/h5-10H,4,24H2,1-3H3. The summed E-state index contributed by atoms with van der Waals surface area (Å²) < 4.78 is 8.72. The summed E-state index contributed by atoms with van der Waals surface area (Å²) in [5.41, 5.74) is 10.7. The number of carbonyl (C=O) groups is 2. The summed E-state index contributed by atoms with van der Waals surface area (Å²) >= 11 is 4.62. The van der Waals surface area contributed by atoms with Crippen molar-refractivity contribution < 1.29 is 14.3 Å². The molecule has 0 saturated heterocycles. The number of fused-ring (bicyclic) bond motifs is 3. The molecule has 0 amide bonds. The van der Waals surface area contributed by atoms with Gasteiger partial charge in [0, 0.05) is 21.6 Å². The highest BCUT2D eigenvalue weighted by molar-refractivity contribution is 9.10. The number of hydrogen-bond acceptors (Lipinski definition) is 5. The van der Waals surface area contributed by atoms with Crippen molar-refractivity contribution in [3.63, 3.8) is 0 Å². The maximum Gasteiger partial charge on any atom is 0.356 e. The lowest BCUT2D eigenvalue weighted by molar-refractivity contribution is 0.0521. The van der Waals surface area contributed by atoms with E-state index < -0.39 is 5.97 Å². The number of nitrogen functional groups attached to an aromatic ring is 1. The van der Waals surface area contributed by atoms with Crippen molar-refractivity contribution in [1.29, 1.82) is 0 Å². The van der Waals surface area contributed by atoms with Gasteiger partial charge in [0.15, 0.2) is 0 Å². The number of pyridine rings is 1. The molecule has 0 saturated carbocycles. The third kappa shape index (κ3) is 3.14. The summed E-state index contributed by atoms with van der Waals surface area (Å²) in [7, 11) is 0. The topological polar surface area (TPSA) is 73.8 Å². The maximum atomic E-state index is 13.1. The average Bonchev–Trinajstić information content (AvgIpc) is 3.16. The Balaban J connectivity index is 2.02. The van der Waals surface area contributed by atoms with Gasteiger partial charge in [0.1, 0.15) is 5.69 Å². The first kappa shape index (κ1) is 19.7. The first-order chi connectivity index (χ1) is 13.8. The Kier molecular flexibility index (Phi) is 4.96. The van der Waals surface area contributed by atoms with Crippen LogP contribution in [0, 0.1) is 13.8 Å². The molecule has 0 bridgehead atoms. The Morgan fingerprint density at radius 2 is 1.90 bits per heavy atom. The van der Waals surface area contributed by atoms with Crippen molar-refractivity contribution in [3.05, 3.63) is 68.3 Å². The molecule has 5 nitrogen and oxygen atoms in total. The van der Waals surface area contributed by atoms with E-state index in [1.165, 1.54) is 11.3 Å². The van der Waals surface area contributed by atoms with Crippen LogP contribution in [0.2, 0.25) is 0 Å². The van der Waals surface area contributed by atoms with Gasteiger partial charge in [-0.15, -0.1) is 11.3 Å². The zero-order valence-corrected chi connectivity index (χ0v) is 18.6. The van der Waals surface area contributed by atoms with Crippen LogP contribution >= 0.6 is 27.3 Å². The minimum Gasteiger partial charge on any atom is -0.461 e. The van der Waals surface area contributed by atoms with E-state index in [4.69, 9.17) is 10.5 Å². The molecule has 1 aromatic carbocycles. The summed E-state index contributed by atoms with van der Waals surface area (Å²) in [5.74, 6) is -0.583. The number of ether oxygens (including phenoxy) is 1. The Labute approximate surface area is 180 Å². The molecule has 0 radical (unpaired) electrons. The van der Waals surface area contributed by atoms with Gasteiger partial charge in [-0.25, -0.2) is 4.79 Å². The number of nitrogens with two attached hydrogens (primary N) is 1. The van der Waals surface area contributed by atoms with Gasteiger partial charge in [0.05, 0.1) is 27.4 Å². The van der Waals surface area contributed by atoms with Crippen LogP contribution in [0.1, 0.15) is 43.8 Å². The molecule has 148 valence electrons. The summed E-state index contributed by atoms with van der Waals surface area (Å²) in [4.78, 5) is 26.3. The first-order valence-corrected chi connectivity index (χ1v) is 10.7. The average molecular weight is 471 g/mol. The zero-order chi connectivity index (χ0) is 20.9. The van der Waals surface area contributed by atoms with Crippen LogP contribution < -0.4 is 5.73 Å². The number of thiophene rings is 1. The van der Waals surface area contributed by atoms with Gasteiger partial charge >= 0.3 is 5.97 Å². The normalized spacial score (nSPS) is 11.3. The van der Waals surface area contributed by atoms with E-state index in [-0.39, 0.29) is 12.4 Å². The monoisotopic (exact) mass is 470 g/mol. The van der Waals surface area contributed by atoms with Crippen molar-refractivity contribution in [1.82, 2.24) is 4.40 Å². The van der Waals surface area contributed by atoms with Crippen molar-refractivity contribution in [2.75, 3.05) is 12.3 Å². The van der Waals surface area contributed by atoms with Gasteiger partial charge in [-0.2, -0.15) is 0 Å². The van der Waals surface area contributed by atoms with E-state index in [0.717, 1.165) is 26.5 Å². The van der Waals surface area contributed by atoms with Crippen molar-refractivity contribution in [2.45, 2.75) is 20.8 Å². The Bertz CT molecular complexity index is 1290. The number of benzene rings is 1. The van der Waals surface area contributed by atoms with E-state index in [1.54, 1.807) is 19.1 Å². The van der Waals surface area contributed by atoms with Crippen molar-refractivity contribution in [3.8, 4) is 0 Å².